The summed E-state index contributed by atoms with van der Waals surface area (Å²) in [5.41, 5.74) is 0.915. The molecule has 1 amide bonds. The van der Waals surface area contributed by atoms with Crippen LogP contribution in [-0.2, 0) is 11.3 Å². The summed E-state index contributed by atoms with van der Waals surface area (Å²) >= 11 is 0. The van der Waals surface area contributed by atoms with Crippen molar-refractivity contribution in [3.05, 3.63) is 42.2 Å². The van der Waals surface area contributed by atoms with Gasteiger partial charge in [-0.15, -0.1) is 0 Å². The van der Waals surface area contributed by atoms with Crippen LogP contribution in [0.3, 0.4) is 0 Å². The summed E-state index contributed by atoms with van der Waals surface area (Å²) < 4.78 is 5.27. The van der Waals surface area contributed by atoms with Gasteiger partial charge < -0.3 is 14.7 Å². The van der Waals surface area contributed by atoms with Gasteiger partial charge in [-0.2, -0.15) is 5.10 Å². The molecule has 19 heavy (non-hydrogen) atoms. The third-order valence-corrected chi connectivity index (χ3v) is 2.62. The molecule has 0 unspecified atom stereocenters. The quantitative estimate of drug-likeness (QED) is 0.846. The number of hydrogen-bond donors (Lipinski definition) is 2. The fraction of sp³-hybridized carbons (Fsp3) is 0.231. The van der Waals surface area contributed by atoms with Gasteiger partial charge in [0.1, 0.15) is 0 Å². The lowest BCUT2D eigenvalue weighted by Crippen LogP contribution is -2.30. The van der Waals surface area contributed by atoms with Crippen molar-refractivity contribution in [2.75, 3.05) is 13.7 Å². The van der Waals surface area contributed by atoms with E-state index < -0.39 is 0 Å². The van der Waals surface area contributed by atoms with Crippen LogP contribution in [0.5, 0.6) is 11.5 Å². The second kappa shape index (κ2) is 5.90. The van der Waals surface area contributed by atoms with Crippen LogP contribution in [0.15, 0.2) is 36.7 Å². The maximum Gasteiger partial charge on any atom is 0.260 e. The average Bonchev–Trinajstić information content (AvgIpc) is 2.90. The second-order valence-electron chi connectivity index (χ2n) is 4.11. The Morgan fingerprint density at radius 1 is 1.47 bits per heavy atom. The van der Waals surface area contributed by atoms with Crippen LogP contribution in [0.25, 0.3) is 0 Å². The number of ether oxygens (including phenoxy) is 1. The van der Waals surface area contributed by atoms with Gasteiger partial charge in [-0.25, -0.2) is 0 Å². The van der Waals surface area contributed by atoms with Gasteiger partial charge in [0.25, 0.3) is 5.91 Å². The van der Waals surface area contributed by atoms with Crippen molar-refractivity contribution in [2.24, 2.45) is 0 Å². The Bertz CT molecular complexity index is 540. The van der Waals surface area contributed by atoms with E-state index in [1.54, 1.807) is 37.6 Å². The monoisotopic (exact) mass is 261 g/mol. The zero-order valence-electron chi connectivity index (χ0n) is 10.5. The number of para-hydroxylation sites is 2. The standard InChI is InChI=1S/C13H15N3O3/c1-16(8-10-6-14-15-7-10)13(18)9-19-12-5-3-2-4-11(12)17/h2-7,17H,8-9H2,1H3,(H,14,15). The zero-order valence-corrected chi connectivity index (χ0v) is 10.5. The number of phenols is 1. The van der Waals surface area contributed by atoms with E-state index in [0.717, 1.165) is 5.56 Å². The predicted octanol–water partition coefficient (Wildman–Crippen LogP) is 1.15. The summed E-state index contributed by atoms with van der Waals surface area (Å²) in [5, 5.41) is 16.0. The third-order valence-electron chi connectivity index (χ3n) is 2.62. The van der Waals surface area contributed by atoms with Crippen molar-refractivity contribution in [1.82, 2.24) is 15.1 Å². The van der Waals surface area contributed by atoms with Crippen LogP contribution < -0.4 is 4.74 Å². The largest absolute Gasteiger partial charge is 0.504 e. The molecule has 0 radical (unpaired) electrons. The van der Waals surface area contributed by atoms with Gasteiger partial charge in [0.05, 0.1) is 6.20 Å². The Morgan fingerprint density at radius 2 is 2.26 bits per heavy atom. The molecule has 2 N–H and O–H groups in total. The van der Waals surface area contributed by atoms with E-state index in [0.29, 0.717) is 12.3 Å². The Balaban J connectivity index is 1.86. The van der Waals surface area contributed by atoms with Crippen LogP contribution >= 0.6 is 0 Å². The van der Waals surface area contributed by atoms with Gasteiger partial charge in [0, 0.05) is 25.4 Å². The molecular formula is C13H15N3O3. The van der Waals surface area contributed by atoms with Crippen LogP contribution in [0.2, 0.25) is 0 Å². The maximum absolute atomic E-state index is 11.8. The van der Waals surface area contributed by atoms with Crippen molar-refractivity contribution >= 4 is 5.91 Å². The molecule has 0 saturated heterocycles. The highest BCUT2D eigenvalue weighted by Crippen LogP contribution is 2.24. The summed E-state index contributed by atoms with van der Waals surface area (Å²) in [7, 11) is 1.68. The van der Waals surface area contributed by atoms with Gasteiger partial charge >= 0.3 is 0 Å². The van der Waals surface area contributed by atoms with Crippen molar-refractivity contribution in [2.45, 2.75) is 6.54 Å². The normalized spacial score (nSPS) is 10.2. The molecule has 1 heterocycles. The summed E-state index contributed by atoms with van der Waals surface area (Å²) in [4.78, 5) is 13.4. The van der Waals surface area contributed by atoms with Gasteiger partial charge in [0.2, 0.25) is 0 Å². The zero-order chi connectivity index (χ0) is 13.7. The topological polar surface area (TPSA) is 78.5 Å². The second-order valence-corrected chi connectivity index (χ2v) is 4.11. The first-order chi connectivity index (χ1) is 9.16. The van der Waals surface area contributed by atoms with E-state index in [4.69, 9.17) is 4.74 Å². The lowest BCUT2D eigenvalue weighted by atomic mass is 10.3. The fourth-order valence-corrected chi connectivity index (χ4v) is 1.56. The molecule has 0 aliphatic rings. The molecule has 0 saturated carbocycles. The predicted molar refractivity (Wildman–Crippen MR) is 68.7 cm³/mol. The molecule has 100 valence electrons. The van der Waals surface area contributed by atoms with Crippen molar-refractivity contribution in [3.63, 3.8) is 0 Å². The molecule has 0 atom stereocenters. The highest BCUT2D eigenvalue weighted by molar-refractivity contribution is 5.77. The van der Waals surface area contributed by atoms with E-state index in [1.165, 1.54) is 11.0 Å². The number of benzene rings is 1. The number of H-pyrrole nitrogens is 1. The number of aromatic hydroxyl groups is 1. The van der Waals surface area contributed by atoms with Crippen LogP contribution in [0.1, 0.15) is 5.56 Å². The number of rotatable bonds is 5. The number of carbonyl (C=O) groups is 1. The highest BCUT2D eigenvalue weighted by Gasteiger charge is 2.11. The number of phenolic OH excluding ortho intramolecular Hbond substituents is 1. The molecule has 1 aromatic carbocycles. The first-order valence-corrected chi connectivity index (χ1v) is 5.79. The lowest BCUT2D eigenvalue weighted by Gasteiger charge is -2.16. The number of hydrogen-bond acceptors (Lipinski definition) is 4. The molecule has 0 fully saturated rings. The van der Waals surface area contributed by atoms with Gasteiger partial charge in [-0.3, -0.25) is 9.89 Å². The molecule has 0 bridgehead atoms. The first-order valence-electron chi connectivity index (χ1n) is 5.79. The minimum atomic E-state index is -0.176. The van der Waals surface area contributed by atoms with E-state index in [9.17, 15) is 9.90 Å². The Morgan fingerprint density at radius 3 is 2.95 bits per heavy atom. The average molecular weight is 261 g/mol. The van der Waals surface area contributed by atoms with Crippen molar-refractivity contribution < 1.29 is 14.6 Å². The van der Waals surface area contributed by atoms with E-state index in [-0.39, 0.29) is 18.3 Å². The number of carbonyl (C=O) groups excluding carboxylic acids is 1. The number of likely N-dealkylation sites (N-methyl/N-ethyl adjacent to an activating group) is 1. The Labute approximate surface area is 110 Å². The van der Waals surface area contributed by atoms with Crippen LogP contribution in [-0.4, -0.2) is 39.8 Å². The summed E-state index contributed by atoms with van der Waals surface area (Å²) in [6.07, 6.45) is 3.39. The van der Waals surface area contributed by atoms with Gasteiger partial charge in [0.15, 0.2) is 18.1 Å². The lowest BCUT2D eigenvalue weighted by molar-refractivity contribution is -0.132. The third kappa shape index (κ3) is 3.48. The molecule has 1 aromatic heterocycles. The van der Waals surface area contributed by atoms with E-state index >= 15 is 0 Å². The summed E-state index contributed by atoms with van der Waals surface area (Å²) in [6.45, 7) is 0.339. The highest BCUT2D eigenvalue weighted by atomic mass is 16.5. The molecule has 0 spiro atoms. The number of nitrogens with zero attached hydrogens (tertiary/aromatic N) is 2. The van der Waals surface area contributed by atoms with E-state index in [1.807, 2.05) is 0 Å². The smallest absolute Gasteiger partial charge is 0.260 e. The van der Waals surface area contributed by atoms with Crippen molar-refractivity contribution in [1.29, 1.82) is 0 Å². The molecule has 2 rings (SSSR count). The minimum absolute atomic E-state index is 0.0211. The molecule has 6 heteroatoms. The van der Waals surface area contributed by atoms with Gasteiger partial charge in [-0.05, 0) is 12.1 Å². The van der Waals surface area contributed by atoms with E-state index in [2.05, 4.69) is 10.2 Å². The van der Waals surface area contributed by atoms with Gasteiger partial charge in [-0.1, -0.05) is 12.1 Å². The van der Waals surface area contributed by atoms with Crippen LogP contribution in [0.4, 0.5) is 0 Å². The van der Waals surface area contributed by atoms with Crippen molar-refractivity contribution in [3.8, 4) is 11.5 Å². The molecule has 6 nitrogen and oxygen atoms in total. The number of aromatic nitrogens is 2. The molecule has 0 aliphatic carbocycles. The fourth-order valence-electron chi connectivity index (χ4n) is 1.56. The SMILES string of the molecule is CN(Cc1cn[nH]c1)C(=O)COc1ccccc1O. The molecule has 0 aliphatic heterocycles. The summed E-state index contributed by atoms with van der Waals surface area (Å²) in [5.74, 6) is 0.143. The summed E-state index contributed by atoms with van der Waals surface area (Å²) in [6, 6.07) is 6.54. The number of amides is 1. The Hall–Kier alpha value is -2.50. The number of aromatic amines is 1. The Kier molecular flexibility index (Phi) is 4.02. The number of nitrogens with one attached hydrogen (secondary N) is 1. The minimum Gasteiger partial charge on any atom is -0.504 e. The van der Waals surface area contributed by atoms with Crippen LogP contribution in [0, 0.1) is 0 Å². The molecular weight excluding hydrogens is 246 g/mol. The molecule has 2 aromatic rings. The first kappa shape index (κ1) is 12.9. The maximum atomic E-state index is 11.8.